The topological polar surface area (TPSA) is 44.9 Å². The maximum Gasteiger partial charge on any atom is 0.265 e. The number of aromatic amines is 1. The number of hydrogen-bond donors (Lipinski definition) is 2. The summed E-state index contributed by atoms with van der Waals surface area (Å²) in [6, 6.07) is 6.98. The molecule has 0 aliphatic carbocycles. The Morgan fingerprint density at radius 1 is 1.21 bits per heavy atom. The van der Waals surface area contributed by atoms with Crippen LogP contribution in [-0.4, -0.2) is 4.37 Å². The highest BCUT2D eigenvalue weighted by Gasteiger charge is 2.21. The van der Waals surface area contributed by atoms with E-state index < -0.39 is 11.6 Å². The molecule has 24 heavy (non-hydrogen) atoms. The van der Waals surface area contributed by atoms with Crippen LogP contribution in [0.3, 0.4) is 0 Å². The molecule has 0 aliphatic heterocycles. The van der Waals surface area contributed by atoms with Gasteiger partial charge in [0.25, 0.3) is 5.56 Å². The van der Waals surface area contributed by atoms with Gasteiger partial charge in [0, 0.05) is 20.2 Å². The Kier molecular flexibility index (Phi) is 5.07. The fourth-order valence-corrected chi connectivity index (χ4v) is 3.95. The van der Waals surface area contributed by atoms with E-state index in [1.54, 1.807) is 11.4 Å². The molecule has 0 unspecified atom stereocenters. The molecule has 0 bridgehead atoms. The number of aryl methyl sites for hydroxylation is 1. The number of hydrogen-bond acceptors (Lipinski definition) is 3. The van der Waals surface area contributed by atoms with E-state index in [0.717, 1.165) is 20.7 Å². The number of anilines is 2. The zero-order valence-electron chi connectivity index (χ0n) is 12.2. The molecule has 3 aromatic rings. The minimum Gasteiger partial charge on any atom is -0.352 e. The lowest BCUT2D eigenvalue weighted by Crippen LogP contribution is -2.06. The first-order valence-electron chi connectivity index (χ1n) is 6.75. The molecule has 0 amide bonds. The summed E-state index contributed by atoms with van der Waals surface area (Å²) >= 11 is 6.27. The first-order chi connectivity index (χ1) is 11.4. The van der Waals surface area contributed by atoms with E-state index in [9.17, 15) is 13.6 Å². The molecule has 3 nitrogen and oxygen atoms in total. The summed E-state index contributed by atoms with van der Waals surface area (Å²) in [4.78, 5) is 11.9. The first kappa shape index (κ1) is 17.6. The van der Waals surface area contributed by atoms with Crippen LogP contribution >= 0.6 is 50.1 Å². The van der Waals surface area contributed by atoms with Gasteiger partial charge in [-0.25, -0.2) is 8.78 Å². The van der Waals surface area contributed by atoms with Gasteiger partial charge in [-0.3, -0.25) is 9.17 Å². The smallest absolute Gasteiger partial charge is 0.265 e. The molecule has 0 saturated carbocycles. The van der Waals surface area contributed by atoms with Gasteiger partial charge in [0.05, 0.1) is 15.7 Å². The first-order valence-corrected chi connectivity index (χ1v) is 9.51. The highest BCUT2D eigenvalue weighted by atomic mass is 127. The van der Waals surface area contributed by atoms with Crippen LogP contribution in [-0.2, 0) is 0 Å². The Morgan fingerprint density at radius 3 is 2.58 bits per heavy atom. The minimum atomic E-state index is -1.04. The van der Waals surface area contributed by atoms with Gasteiger partial charge in [-0.05, 0) is 75.3 Å². The van der Waals surface area contributed by atoms with E-state index in [0.29, 0.717) is 11.3 Å². The number of rotatable bonds is 3. The van der Waals surface area contributed by atoms with Crippen LogP contribution in [0.15, 0.2) is 38.9 Å². The van der Waals surface area contributed by atoms with Crippen molar-refractivity contribution in [3.8, 4) is 11.1 Å². The molecular formula is C16H10BrF2IN2OS. The SMILES string of the molecule is Cc1cc(I)ccc1Nc1c(-c2cs[nH]c2=O)cc(Br)c(F)c1F. The molecule has 0 saturated heterocycles. The van der Waals surface area contributed by atoms with E-state index >= 15 is 0 Å². The van der Waals surface area contributed by atoms with Crippen LogP contribution < -0.4 is 10.9 Å². The van der Waals surface area contributed by atoms with Crippen LogP contribution in [0, 0.1) is 22.1 Å². The molecule has 3 rings (SSSR count). The van der Waals surface area contributed by atoms with Gasteiger partial charge >= 0.3 is 0 Å². The van der Waals surface area contributed by atoms with Crippen molar-refractivity contribution in [2.24, 2.45) is 0 Å². The summed E-state index contributed by atoms with van der Waals surface area (Å²) in [7, 11) is 0. The molecule has 8 heteroatoms. The van der Waals surface area contributed by atoms with Crippen LogP contribution in [0.25, 0.3) is 11.1 Å². The second-order valence-electron chi connectivity index (χ2n) is 5.07. The lowest BCUT2D eigenvalue weighted by atomic mass is 10.1. The van der Waals surface area contributed by atoms with Crippen molar-refractivity contribution in [2.45, 2.75) is 6.92 Å². The van der Waals surface area contributed by atoms with Gasteiger partial charge in [-0.2, -0.15) is 0 Å². The van der Waals surface area contributed by atoms with Gasteiger partial charge in [-0.15, -0.1) is 0 Å². The van der Waals surface area contributed by atoms with Crippen molar-refractivity contribution in [1.82, 2.24) is 4.37 Å². The molecule has 2 N–H and O–H groups in total. The maximum absolute atomic E-state index is 14.6. The van der Waals surface area contributed by atoms with E-state index in [1.807, 2.05) is 19.1 Å². The third-order valence-corrected chi connectivity index (χ3v) is 5.38. The predicted octanol–water partition coefficient (Wildman–Crippen LogP) is 5.80. The third kappa shape index (κ3) is 3.27. The number of H-pyrrole nitrogens is 1. The van der Waals surface area contributed by atoms with Crippen molar-refractivity contribution in [1.29, 1.82) is 0 Å². The summed E-state index contributed by atoms with van der Waals surface area (Å²) < 4.78 is 32.2. The average molecular weight is 523 g/mol. The Morgan fingerprint density at radius 2 is 1.96 bits per heavy atom. The minimum absolute atomic E-state index is 0.0366. The number of benzene rings is 2. The largest absolute Gasteiger partial charge is 0.352 e. The Balaban J connectivity index is 2.21. The van der Waals surface area contributed by atoms with E-state index in [4.69, 9.17) is 0 Å². The summed E-state index contributed by atoms with van der Waals surface area (Å²) in [5.74, 6) is -2.04. The van der Waals surface area contributed by atoms with Gasteiger partial charge in [-0.1, -0.05) is 11.5 Å². The molecule has 0 fully saturated rings. The highest BCUT2D eigenvalue weighted by molar-refractivity contribution is 14.1. The van der Waals surface area contributed by atoms with Crippen LogP contribution in [0.5, 0.6) is 0 Å². The molecule has 0 atom stereocenters. The van der Waals surface area contributed by atoms with Crippen LogP contribution in [0.4, 0.5) is 20.2 Å². The summed E-state index contributed by atoms with van der Waals surface area (Å²) in [6.07, 6.45) is 0. The van der Waals surface area contributed by atoms with E-state index in [2.05, 4.69) is 48.2 Å². The zero-order valence-corrected chi connectivity index (χ0v) is 16.8. The zero-order chi connectivity index (χ0) is 17.4. The number of halogens is 4. The summed E-state index contributed by atoms with van der Waals surface area (Å²) in [5.41, 5.74) is 1.69. The van der Waals surface area contributed by atoms with Crippen molar-refractivity contribution in [3.05, 3.63) is 65.2 Å². The molecule has 0 aliphatic rings. The Hall–Kier alpha value is -1.26. The molecule has 124 valence electrons. The predicted molar refractivity (Wildman–Crippen MR) is 105 cm³/mol. The van der Waals surface area contributed by atoms with Crippen LogP contribution in [0.2, 0.25) is 0 Å². The summed E-state index contributed by atoms with van der Waals surface area (Å²) in [5, 5.41) is 4.51. The second kappa shape index (κ2) is 6.93. The van der Waals surface area contributed by atoms with Gasteiger partial charge in [0.15, 0.2) is 11.6 Å². The lowest BCUT2D eigenvalue weighted by molar-refractivity contribution is 0.507. The fraction of sp³-hybridized carbons (Fsp3) is 0.0625. The number of aromatic nitrogens is 1. The maximum atomic E-state index is 14.6. The number of nitrogens with one attached hydrogen (secondary N) is 2. The van der Waals surface area contributed by atoms with Crippen molar-refractivity contribution >= 4 is 61.4 Å². The van der Waals surface area contributed by atoms with Gasteiger partial charge in [0.2, 0.25) is 0 Å². The van der Waals surface area contributed by atoms with Crippen molar-refractivity contribution in [2.75, 3.05) is 5.32 Å². The van der Waals surface area contributed by atoms with Crippen molar-refractivity contribution in [3.63, 3.8) is 0 Å². The van der Waals surface area contributed by atoms with Crippen LogP contribution in [0.1, 0.15) is 5.56 Å². The van der Waals surface area contributed by atoms with Gasteiger partial charge < -0.3 is 5.32 Å². The Bertz CT molecular complexity index is 987. The molecule has 0 radical (unpaired) electrons. The standard InChI is InChI=1S/C16H10BrF2IN2OS/c1-7-4-8(20)2-3-12(7)21-15-9(10-6-24-22-16(10)23)5-11(17)13(18)14(15)19/h2-6,21H,1H3,(H,22,23). The average Bonchev–Trinajstić information content (AvgIpc) is 2.95. The molecule has 1 heterocycles. The van der Waals surface area contributed by atoms with E-state index in [1.165, 1.54) is 6.07 Å². The molecule has 2 aromatic carbocycles. The fourth-order valence-electron chi connectivity index (χ4n) is 2.27. The molecule has 1 aromatic heterocycles. The monoisotopic (exact) mass is 522 g/mol. The van der Waals surface area contributed by atoms with Crippen molar-refractivity contribution < 1.29 is 8.78 Å². The second-order valence-corrected chi connectivity index (χ2v) is 7.85. The van der Waals surface area contributed by atoms with E-state index in [-0.39, 0.29) is 21.3 Å². The highest BCUT2D eigenvalue weighted by Crippen LogP contribution is 2.37. The normalized spacial score (nSPS) is 10.9. The molecule has 0 spiro atoms. The quantitative estimate of drug-likeness (QED) is 0.337. The lowest BCUT2D eigenvalue weighted by Gasteiger charge is -2.15. The molecular weight excluding hydrogens is 513 g/mol. The summed E-state index contributed by atoms with van der Waals surface area (Å²) in [6.45, 7) is 1.87. The Labute approximate surface area is 162 Å². The third-order valence-electron chi connectivity index (χ3n) is 3.47. The van der Waals surface area contributed by atoms with Gasteiger partial charge in [0.1, 0.15) is 0 Å².